The first-order valence-electron chi connectivity index (χ1n) is 6.12. The van der Waals surface area contributed by atoms with Gasteiger partial charge in [-0.05, 0) is 42.4 Å². The van der Waals surface area contributed by atoms with E-state index in [1.807, 2.05) is 11.3 Å². The Bertz CT molecular complexity index is 289. The van der Waals surface area contributed by atoms with E-state index in [0.29, 0.717) is 6.04 Å². The van der Waals surface area contributed by atoms with Crippen LogP contribution < -0.4 is 5.32 Å². The van der Waals surface area contributed by atoms with Crippen molar-refractivity contribution >= 4 is 27.3 Å². The molecular formula is C13H22BrNS. The van der Waals surface area contributed by atoms with E-state index < -0.39 is 0 Å². The molecule has 0 aliphatic rings. The molecule has 3 heteroatoms. The summed E-state index contributed by atoms with van der Waals surface area (Å²) in [6.07, 6.45) is 6.62. The lowest BCUT2D eigenvalue weighted by Crippen LogP contribution is -2.14. The molecule has 0 aliphatic carbocycles. The van der Waals surface area contributed by atoms with E-state index in [1.165, 1.54) is 46.3 Å². The molecule has 1 nitrogen and oxygen atoms in total. The van der Waals surface area contributed by atoms with Gasteiger partial charge in [0.1, 0.15) is 0 Å². The van der Waals surface area contributed by atoms with E-state index in [0.717, 1.165) is 0 Å². The molecule has 0 fully saturated rings. The third-order valence-electron chi connectivity index (χ3n) is 2.91. The summed E-state index contributed by atoms with van der Waals surface area (Å²) >= 11 is 5.49. The van der Waals surface area contributed by atoms with E-state index in [9.17, 15) is 0 Å². The van der Waals surface area contributed by atoms with Crippen molar-refractivity contribution in [1.82, 2.24) is 5.32 Å². The molecule has 1 rings (SSSR count). The molecule has 0 saturated heterocycles. The first kappa shape index (κ1) is 14.2. The van der Waals surface area contributed by atoms with Crippen molar-refractivity contribution in [2.75, 3.05) is 7.05 Å². The molecule has 16 heavy (non-hydrogen) atoms. The minimum Gasteiger partial charge on any atom is -0.312 e. The lowest BCUT2D eigenvalue weighted by molar-refractivity contribution is 0.511. The Balaban J connectivity index is 2.47. The van der Waals surface area contributed by atoms with Gasteiger partial charge < -0.3 is 5.32 Å². The van der Waals surface area contributed by atoms with Gasteiger partial charge in [-0.15, -0.1) is 11.3 Å². The van der Waals surface area contributed by atoms with Crippen molar-refractivity contribution in [2.24, 2.45) is 0 Å². The van der Waals surface area contributed by atoms with Crippen LogP contribution in [-0.4, -0.2) is 7.05 Å². The van der Waals surface area contributed by atoms with Gasteiger partial charge in [-0.25, -0.2) is 0 Å². The maximum Gasteiger partial charge on any atom is 0.0412 e. The molecule has 1 atom stereocenters. The molecule has 0 aromatic carbocycles. The fourth-order valence-corrected chi connectivity index (χ4v) is 3.56. The highest BCUT2D eigenvalue weighted by Crippen LogP contribution is 2.32. The van der Waals surface area contributed by atoms with Crippen LogP contribution in [0.1, 0.15) is 54.8 Å². The highest BCUT2D eigenvalue weighted by molar-refractivity contribution is 9.10. The van der Waals surface area contributed by atoms with Gasteiger partial charge in [-0.3, -0.25) is 0 Å². The van der Waals surface area contributed by atoms with Gasteiger partial charge in [0.25, 0.3) is 0 Å². The summed E-state index contributed by atoms with van der Waals surface area (Å²) in [5.74, 6) is 0. The molecule has 0 saturated carbocycles. The van der Waals surface area contributed by atoms with Crippen LogP contribution in [0.5, 0.6) is 0 Å². The lowest BCUT2D eigenvalue weighted by atomic mass is 10.1. The van der Waals surface area contributed by atoms with Crippen LogP contribution in [0.15, 0.2) is 10.5 Å². The van der Waals surface area contributed by atoms with Crippen LogP contribution >= 0.6 is 27.3 Å². The summed E-state index contributed by atoms with van der Waals surface area (Å²) in [7, 11) is 2.06. The van der Waals surface area contributed by atoms with Crippen molar-refractivity contribution in [1.29, 1.82) is 0 Å². The summed E-state index contributed by atoms with van der Waals surface area (Å²) in [6.45, 7) is 4.43. The quantitative estimate of drug-likeness (QED) is 0.695. The molecule has 0 bridgehead atoms. The number of hydrogen-bond donors (Lipinski definition) is 1. The molecule has 92 valence electrons. The first-order chi connectivity index (χ1) is 7.69. The van der Waals surface area contributed by atoms with E-state index >= 15 is 0 Å². The Morgan fingerprint density at radius 1 is 1.38 bits per heavy atom. The van der Waals surface area contributed by atoms with Gasteiger partial charge in [0, 0.05) is 20.3 Å². The van der Waals surface area contributed by atoms with Crippen LogP contribution in [0.2, 0.25) is 0 Å². The predicted molar refractivity (Wildman–Crippen MR) is 77.3 cm³/mol. The molecule has 1 unspecified atom stereocenters. The predicted octanol–water partition coefficient (Wildman–Crippen LogP) is 5.05. The zero-order valence-corrected chi connectivity index (χ0v) is 12.9. The fraction of sp³-hybridized carbons (Fsp3) is 0.692. The summed E-state index contributed by atoms with van der Waals surface area (Å²) in [5.41, 5.74) is 0. The summed E-state index contributed by atoms with van der Waals surface area (Å²) in [5, 5.41) is 3.43. The molecule has 0 radical (unpaired) electrons. The van der Waals surface area contributed by atoms with E-state index in [1.54, 1.807) is 0 Å². The number of aryl methyl sites for hydroxylation is 1. The SMILES string of the molecule is CCCCCCC(NC)c1cc(Br)c(C)s1. The van der Waals surface area contributed by atoms with Crippen molar-refractivity contribution in [3.8, 4) is 0 Å². The molecule has 0 aliphatic heterocycles. The zero-order valence-electron chi connectivity index (χ0n) is 10.5. The zero-order chi connectivity index (χ0) is 12.0. The molecule has 1 aromatic rings. The summed E-state index contributed by atoms with van der Waals surface area (Å²) in [6, 6.07) is 2.80. The second kappa shape index (κ2) is 7.46. The summed E-state index contributed by atoms with van der Waals surface area (Å²) < 4.78 is 1.25. The minimum absolute atomic E-state index is 0.534. The van der Waals surface area contributed by atoms with Gasteiger partial charge >= 0.3 is 0 Å². The van der Waals surface area contributed by atoms with Crippen LogP contribution in [-0.2, 0) is 0 Å². The van der Waals surface area contributed by atoms with Gasteiger partial charge in [-0.1, -0.05) is 32.6 Å². The summed E-state index contributed by atoms with van der Waals surface area (Å²) in [4.78, 5) is 2.84. The topological polar surface area (TPSA) is 12.0 Å². The normalized spacial score (nSPS) is 13.0. The second-order valence-electron chi connectivity index (χ2n) is 4.24. The largest absolute Gasteiger partial charge is 0.312 e. The average Bonchev–Trinajstić information content (AvgIpc) is 2.59. The van der Waals surface area contributed by atoms with E-state index in [2.05, 4.69) is 48.2 Å². The maximum atomic E-state index is 3.59. The van der Waals surface area contributed by atoms with Gasteiger partial charge in [-0.2, -0.15) is 0 Å². The highest BCUT2D eigenvalue weighted by atomic mass is 79.9. The highest BCUT2D eigenvalue weighted by Gasteiger charge is 2.12. The van der Waals surface area contributed by atoms with Crippen molar-refractivity contribution in [2.45, 2.75) is 52.0 Å². The van der Waals surface area contributed by atoms with Crippen molar-refractivity contribution in [3.63, 3.8) is 0 Å². The van der Waals surface area contributed by atoms with Gasteiger partial charge in [0.2, 0.25) is 0 Å². The standard InChI is InChI=1S/C13H22BrNS/c1-4-5-6-7-8-12(15-3)13-9-11(14)10(2)16-13/h9,12,15H,4-8H2,1-3H3. The molecule has 1 aromatic heterocycles. The molecule has 0 amide bonds. The Hall–Kier alpha value is 0.140. The monoisotopic (exact) mass is 303 g/mol. The van der Waals surface area contributed by atoms with Crippen LogP contribution in [0.4, 0.5) is 0 Å². The van der Waals surface area contributed by atoms with Gasteiger partial charge in [0.05, 0.1) is 0 Å². The number of unbranched alkanes of at least 4 members (excludes halogenated alkanes) is 3. The lowest BCUT2D eigenvalue weighted by Gasteiger charge is -2.14. The number of nitrogens with one attached hydrogen (secondary N) is 1. The minimum atomic E-state index is 0.534. The number of thiophene rings is 1. The smallest absolute Gasteiger partial charge is 0.0412 e. The Morgan fingerprint density at radius 2 is 2.12 bits per heavy atom. The second-order valence-corrected chi connectivity index (χ2v) is 6.39. The third kappa shape index (κ3) is 4.19. The van der Waals surface area contributed by atoms with Gasteiger partial charge in [0.15, 0.2) is 0 Å². The third-order valence-corrected chi connectivity index (χ3v) is 5.16. The van der Waals surface area contributed by atoms with E-state index in [4.69, 9.17) is 0 Å². The Kier molecular flexibility index (Phi) is 6.62. The number of hydrogen-bond acceptors (Lipinski definition) is 2. The van der Waals surface area contributed by atoms with Crippen molar-refractivity contribution in [3.05, 3.63) is 20.3 Å². The number of halogens is 1. The molecular weight excluding hydrogens is 282 g/mol. The fourth-order valence-electron chi connectivity index (χ4n) is 1.86. The van der Waals surface area contributed by atoms with Crippen molar-refractivity contribution < 1.29 is 0 Å². The molecule has 1 heterocycles. The average molecular weight is 304 g/mol. The number of rotatable bonds is 7. The Morgan fingerprint density at radius 3 is 2.62 bits per heavy atom. The molecule has 1 N–H and O–H groups in total. The van der Waals surface area contributed by atoms with Crippen LogP contribution in [0, 0.1) is 6.92 Å². The first-order valence-corrected chi connectivity index (χ1v) is 7.73. The maximum absolute atomic E-state index is 3.59. The molecule has 0 spiro atoms. The Labute approximate surface area is 112 Å². The van der Waals surface area contributed by atoms with Crippen LogP contribution in [0.3, 0.4) is 0 Å². The van der Waals surface area contributed by atoms with E-state index in [-0.39, 0.29) is 0 Å². The van der Waals surface area contributed by atoms with Crippen LogP contribution in [0.25, 0.3) is 0 Å².